The first-order chi connectivity index (χ1) is 10.3. The van der Waals surface area contributed by atoms with Crippen LogP contribution in [0.5, 0.6) is 0 Å². The number of aryl methyl sites for hydroxylation is 1. The van der Waals surface area contributed by atoms with E-state index < -0.39 is 0 Å². The van der Waals surface area contributed by atoms with E-state index in [1.165, 1.54) is 5.56 Å². The number of furan rings is 1. The lowest BCUT2D eigenvalue weighted by Gasteiger charge is -2.14. The Hall–Kier alpha value is -1.98. The highest BCUT2D eigenvalue weighted by Gasteiger charge is 2.20. The summed E-state index contributed by atoms with van der Waals surface area (Å²) in [6, 6.07) is 12.3. The predicted molar refractivity (Wildman–Crippen MR) is 84.3 cm³/mol. The molecule has 0 fully saturated rings. The van der Waals surface area contributed by atoms with Crippen LogP contribution in [0.4, 0.5) is 0 Å². The van der Waals surface area contributed by atoms with Gasteiger partial charge in [0, 0.05) is 0 Å². The Morgan fingerprint density at radius 3 is 2.67 bits per heavy atom. The molecule has 0 amide bonds. The van der Waals surface area contributed by atoms with Crippen LogP contribution >= 0.6 is 11.3 Å². The lowest BCUT2D eigenvalue weighted by molar-refractivity contribution is 0.579. The molecule has 108 valence electrons. The van der Waals surface area contributed by atoms with Crippen molar-refractivity contribution < 1.29 is 4.42 Å². The van der Waals surface area contributed by atoms with Crippen molar-refractivity contribution in [2.45, 2.75) is 19.9 Å². The summed E-state index contributed by atoms with van der Waals surface area (Å²) in [4.78, 5) is 0. The van der Waals surface area contributed by atoms with Crippen LogP contribution in [-0.4, -0.2) is 16.7 Å². The summed E-state index contributed by atoms with van der Waals surface area (Å²) in [5, 5.41) is 13.9. The molecule has 4 nitrogen and oxygen atoms in total. The Bertz CT molecular complexity index is 705. The highest BCUT2D eigenvalue weighted by Crippen LogP contribution is 2.31. The van der Waals surface area contributed by atoms with Crippen molar-refractivity contribution in [2.24, 2.45) is 0 Å². The summed E-state index contributed by atoms with van der Waals surface area (Å²) in [5.41, 5.74) is 2.27. The summed E-state index contributed by atoms with van der Waals surface area (Å²) in [6.07, 6.45) is 1.69. The highest BCUT2D eigenvalue weighted by molar-refractivity contribution is 7.14. The molecule has 0 radical (unpaired) electrons. The van der Waals surface area contributed by atoms with Crippen LogP contribution in [0.15, 0.2) is 47.1 Å². The van der Waals surface area contributed by atoms with E-state index in [4.69, 9.17) is 4.42 Å². The van der Waals surface area contributed by atoms with E-state index in [0.717, 1.165) is 27.9 Å². The average Bonchev–Trinajstić information content (AvgIpc) is 3.14. The second-order valence-electron chi connectivity index (χ2n) is 4.78. The number of benzene rings is 1. The van der Waals surface area contributed by atoms with Gasteiger partial charge in [-0.2, -0.15) is 0 Å². The molecule has 0 aliphatic heterocycles. The van der Waals surface area contributed by atoms with Crippen LogP contribution in [0.2, 0.25) is 0 Å². The second kappa shape index (κ2) is 6.20. The van der Waals surface area contributed by atoms with Gasteiger partial charge in [0.25, 0.3) is 0 Å². The molecule has 0 bridgehead atoms. The van der Waals surface area contributed by atoms with Crippen LogP contribution in [0.3, 0.4) is 0 Å². The van der Waals surface area contributed by atoms with Gasteiger partial charge in [0.2, 0.25) is 0 Å². The lowest BCUT2D eigenvalue weighted by atomic mass is 10.1. The predicted octanol–water partition coefficient (Wildman–Crippen LogP) is 3.81. The maximum atomic E-state index is 5.50. The normalized spacial score (nSPS) is 12.5. The zero-order valence-corrected chi connectivity index (χ0v) is 12.9. The minimum atomic E-state index is 0.0673. The van der Waals surface area contributed by atoms with Gasteiger partial charge >= 0.3 is 0 Å². The molecule has 5 heteroatoms. The van der Waals surface area contributed by atoms with Crippen LogP contribution in [-0.2, 0) is 0 Å². The molecule has 1 atom stereocenters. The summed E-state index contributed by atoms with van der Waals surface area (Å²) < 4.78 is 5.50. The minimum absolute atomic E-state index is 0.0673. The molecule has 1 unspecified atom stereocenters. The Labute approximate surface area is 127 Å². The van der Waals surface area contributed by atoms with E-state index in [0.29, 0.717) is 0 Å². The van der Waals surface area contributed by atoms with Gasteiger partial charge in [0.05, 0.1) is 12.3 Å². The van der Waals surface area contributed by atoms with Gasteiger partial charge in [-0.1, -0.05) is 48.6 Å². The van der Waals surface area contributed by atoms with E-state index in [9.17, 15) is 0 Å². The lowest BCUT2D eigenvalue weighted by Crippen LogP contribution is -2.21. The van der Waals surface area contributed by atoms with Crippen molar-refractivity contribution in [3.8, 4) is 10.8 Å². The van der Waals surface area contributed by atoms with Gasteiger partial charge in [-0.3, -0.25) is 0 Å². The van der Waals surface area contributed by atoms with Crippen LogP contribution in [0.1, 0.15) is 29.1 Å². The third kappa shape index (κ3) is 2.89. The van der Waals surface area contributed by atoms with Crippen molar-refractivity contribution >= 4 is 11.3 Å². The molecule has 21 heavy (non-hydrogen) atoms. The van der Waals surface area contributed by atoms with Gasteiger partial charge in [-0.25, -0.2) is 0 Å². The Morgan fingerprint density at radius 2 is 2.00 bits per heavy atom. The Morgan fingerprint density at radius 1 is 1.19 bits per heavy atom. The van der Waals surface area contributed by atoms with Crippen LogP contribution in [0.25, 0.3) is 10.8 Å². The monoisotopic (exact) mass is 299 g/mol. The molecule has 3 aromatic rings. The molecular weight excluding hydrogens is 282 g/mol. The molecule has 0 aliphatic rings. The molecule has 2 heterocycles. The molecule has 2 aromatic heterocycles. The van der Waals surface area contributed by atoms with Crippen molar-refractivity contribution in [2.75, 3.05) is 6.54 Å². The Balaban J connectivity index is 1.94. The van der Waals surface area contributed by atoms with Gasteiger partial charge < -0.3 is 9.73 Å². The highest BCUT2D eigenvalue weighted by atomic mass is 32.1. The SMILES string of the molecule is CCNC(c1ccccc1)c1nnc(-c2occc2C)s1. The summed E-state index contributed by atoms with van der Waals surface area (Å²) in [5.74, 6) is 0.807. The van der Waals surface area contributed by atoms with Crippen molar-refractivity contribution in [3.05, 3.63) is 58.8 Å². The second-order valence-corrected chi connectivity index (χ2v) is 5.79. The molecule has 3 rings (SSSR count). The molecule has 0 spiro atoms. The third-order valence-corrected chi connectivity index (χ3v) is 4.27. The van der Waals surface area contributed by atoms with Crippen molar-refractivity contribution in [1.82, 2.24) is 15.5 Å². The summed E-state index contributed by atoms with van der Waals surface area (Å²) in [7, 11) is 0. The topological polar surface area (TPSA) is 51.0 Å². The molecular formula is C16H17N3OS. The molecule has 0 saturated carbocycles. The summed E-state index contributed by atoms with van der Waals surface area (Å²) in [6.45, 7) is 4.97. The third-order valence-electron chi connectivity index (χ3n) is 3.29. The van der Waals surface area contributed by atoms with E-state index in [1.54, 1.807) is 17.6 Å². The molecule has 1 aromatic carbocycles. The number of hydrogen-bond acceptors (Lipinski definition) is 5. The van der Waals surface area contributed by atoms with Crippen molar-refractivity contribution in [3.63, 3.8) is 0 Å². The fourth-order valence-corrected chi connectivity index (χ4v) is 3.23. The average molecular weight is 299 g/mol. The zero-order valence-electron chi connectivity index (χ0n) is 12.0. The smallest absolute Gasteiger partial charge is 0.183 e. The first kappa shape index (κ1) is 14.0. The number of hydrogen-bond donors (Lipinski definition) is 1. The van der Waals surface area contributed by atoms with Crippen LogP contribution < -0.4 is 5.32 Å². The molecule has 1 N–H and O–H groups in total. The quantitative estimate of drug-likeness (QED) is 0.778. The summed E-state index contributed by atoms with van der Waals surface area (Å²) >= 11 is 1.57. The van der Waals surface area contributed by atoms with E-state index >= 15 is 0 Å². The largest absolute Gasteiger partial charge is 0.461 e. The van der Waals surface area contributed by atoms with Gasteiger partial charge in [-0.05, 0) is 30.7 Å². The van der Waals surface area contributed by atoms with Gasteiger partial charge in [-0.15, -0.1) is 10.2 Å². The number of nitrogens with one attached hydrogen (secondary N) is 1. The molecule has 0 aliphatic carbocycles. The standard InChI is InChI=1S/C16H17N3OS/c1-3-17-13(12-7-5-4-6-8-12)15-18-19-16(21-15)14-11(2)9-10-20-14/h4-10,13,17H,3H2,1-2H3. The number of rotatable bonds is 5. The van der Waals surface area contributed by atoms with Gasteiger partial charge in [0.15, 0.2) is 10.8 Å². The molecule has 0 saturated heterocycles. The van der Waals surface area contributed by atoms with E-state index in [1.807, 2.05) is 31.2 Å². The maximum absolute atomic E-state index is 5.50. The fraction of sp³-hybridized carbons (Fsp3) is 0.250. The fourth-order valence-electron chi connectivity index (χ4n) is 2.23. The van der Waals surface area contributed by atoms with E-state index in [2.05, 4.69) is 34.6 Å². The number of aromatic nitrogens is 2. The van der Waals surface area contributed by atoms with Gasteiger partial charge in [0.1, 0.15) is 5.01 Å². The van der Waals surface area contributed by atoms with Crippen LogP contribution in [0, 0.1) is 6.92 Å². The zero-order chi connectivity index (χ0) is 14.7. The first-order valence-corrected chi connectivity index (χ1v) is 7.77. The minimum Gasteiger partial charge on any atom is -0.461 e. The van der Waals surface area contributed by atoms with Crippen molar-refractivity contribution in [1.29, 1.82) is 0 Å². The maximum Gasteiger partial charge on any atom is 0.183 e. The van der Waals surface area contributed by atoms with E-state index in [-0.39, 0.29) is 6.04 Å². The Kier molecular flexibility index (Phi) is 4.13. The first-order valence-electron chi connectivity index (χ1n) is 6.95. The number of nitrogens with zero attached hydrogens (tertiary/aromatic N) is 2.